The molecule has 2 atom stereocenters. The van der Waals surface area contributed by atoms with Gasteiger partial charge in [0.2, 0.25) is 10.0 Å². The highest BCUT2D eigenvalue weighted by Gasteiger charge is 2.29. The number of hydrogen-bond acceptors (Lipinski definition) is 4. The number of carboxylic acids is 1. The SMILES string of the molecule is CC(NC(=O)c1ccc(S(=O)(=O)N(C)C2CCCCC2)cc1)C(C)C(=O)O. The number of nitrogens with zero attached hydrogens (tertiary/aromatic N) is 1. The van der Waals surface area contributed by atoms with Crippen molar-refractivity contribution in [3.63, 3.8) is 0 Å². The van der Waals surface area contributed by atoms with Crippen molar-refractivity contribution in [1.82, 2.24) is 9.62 Å². The van der Waals surface area contributed by atoms with Gasteiger partial charge >= 0.3 is 5.97 Å². The minimum absolute atomic E-state index is 0.0186. The van der Waals surface area contributed by atoms with Gasteiger partial charge in [0.25, 0.3) is 5.91 Å². The number of carbonyl (C=O) groups is 2. The Morgan fingerprint density at radius 3 is 2.19 bits per heavy atom. The van der Waals surface area contributed by atoms with Gasteiger partial charge in [-0.2, -0.15) is 4.31 Å². The number of benzene rings is 1. The van der Waals surface area contributed by atoms with E-state index in [1.165, 1.54) is 35.5 Å². The van der Waals surface area contributed by atoms with Gasteiger partial charge in [-0.25, -0.2) is 8.42 Å². The van der Waals surface area contributed by atoms with Gasteiger partial charge < -0.3 is 10.4 Å². The van der Waals surface area contributed by atoms with E-state index in [0.29, 0.717) is 5.56 Å². The van der Waals surface area contributed by atoms with E-state index in [0.717, 1.165) is 32.1 Å². The van der Waals surface area contributed by atoms with Gasteiger partial charge in [0.1, 0.15) is 0 Å². The Morgan fingerprint density at radius 1 is 1.11 bits per heavy atom. The average molecular weight is 397 g/mol. The predicted molar refractivity (Wildman–Crippen MR) is 102 cm³/mol. The second-order valence-electron chi connectivity index (χ2n) is 7.23. The highest BCUT2D eigenvalue weighted by Crippen LogP contribution is 2.26. The van der Waals surface area contributed by atoms with Crippen LogP contribution in [0.3, 0.4) is 0 Å². The Kier molecular flexibility index (Phi) is 7.00. The van der Waals surface area contributed by atoms with Crippen LogP contribution in [-0.2, 0) is 14.8 Å². The van der Waals surface area contributed by atoms with E-state index in [-0.39, 0.29) is 10.9 Å². The quantitative estimate of drug-likeness (QED) is 0.737. The summed E-state index contributed by atoms with van der Waals surface area (Å²) in [5.74, 6) is -2.15. The summed E-state index contributed by atoms with van der Waals surface area (Å²) in [4.78, 5) is 23.4. The zero-order valence-electron chi connectivity index (χ0n) is 16.0. The van der Waals surface area contributed by atoms with Gasteiger partial charge in [-0.3, -0.25) is 9.59 Å². The Bertz CT molecular complexity index is 770. The summed E-state index contributed by atoms with van der Waals surface area (Å²) in [7, 11) is -1.99. The van der Waals surface area contributed by atoms with E-state index < -0.39 is 33.9 Å². The van der Waals surface area contributed by atoms with Crippen molar-refractivity contribution in [2.24, 2.45) is 5.92 Å². The van der Waals surface area contributed by atoms with Crippen LogP contribution >= 0.6 is 0 Å². The molecule has 1 aliphatic rings. The van der Waals surface area contributed by atoms with Gasteiger partial charge in [-0.05, 0) is 51.0 Å². The maximum absolute atomic E-state index is 12.8. The van der Waals surface area contributed by atoms with Crippen LogP contribution in [0.4, 0.5) is 0 Å². The van der Waals surface area contributed by atoms with Crippen molar-refractivity contribution in [3.8, 4) is 0 Å². The highest BCUT2D eigenvalue weighted by molar-refractivity contribution is 7.89. The lowest BCUT2D eigenvalue weighted by Gasteiger charge is -2.30. The minimum atomic E-state index is -3.60. The number of rotatable bonds is 7. The van der Waals surface area contributed by atoms with Crippen LogP contribution in [0, 0.1) is 5.92 Å². The van der Waals surface area contributed by atoms with Crippen LogP contribution in [0.5, 0.6) is 0 Å². The van der Waals surface area contributed by atoms with E-state index in [2.05, 4.69) is 5.32 Å². The molecule has 2 unspecified atom stereocenters. The number of amides is 1. The molecule has 1 aliphatic carbocycles. The lowest BCUT2D eigenvalue weighted by atomic mass is 9.96. The third-order valence-corrected chi connectivity index (χ3v) is 7.30. The molecule has 1 saturated carbocycles. The van der Waals surface area contributed by atoms with Crippen LogP contribution in [0.15, 0.2) is 29.2 Å². The third kappa shape index (κ3) is 5.07. The summed E-state index contributed by atoms with van der Waals surface area (Å²) in [6.07, 6.45) is 4.96. The summed E-state index contributed by atoms with van der Waals surface area (Å²) < 4.78 is 27.1. The number of nitrogens with one attached hydrogen (secondary N) is 1. The molecule has 0 heterocycles. The molecule has 2 N–H and O–H groups in total. The van der Waals surface area contributed by atoms with Crippen molar-refractivity contribution < 1.29 is 23.1 Å². The van der Waals surface area contributed by atoms with Crippen LogP contribution in [0.25, 0.3) is 0 Å². The summed E-state index contributed by atoms with van der Waals surface area (Å²) in [6, 6.07) is 5.23. The van der Waals surface area contributed by atoms with Gasteiger partial charge in [0.15, 0.2) is 0 Å². The topological polar surface area (TPSA) is 104 Å². The normalized spacial score (nSPS) is 18.1. The molecule has 0 aliphatic heterocycles. The summed E-state index contributed by atoms with van der Waals surface area (Å²) in [5.41, 5.74) is 0.290. The van der Waals surface area contributed by atoms with Crippen molar-refractivity contribution in [3.05, 3.63) is 29.8 Å². The number of carbonyl (C=O) groups excluding carboxylic acids is 1. The van der Waals surface area contributed by atoms with Gasteiger partial charge in [0.05, 0.1) is 10.8 Å². The molecule has 0 aromatic heterocycles. The van der Waals surface area contributed by atoms with Crippen molar-refractivity contribution in [2.75, 3.05) is 7.05 Å². The Morgan fingerprint density at radius 2 is 1.67 bits per heavy atom. The van der Waals surface area contributed by atoms with Gasteiger partial charge in [-0.1, -0.05) is 19.3 Å². The first-order valence-corrected chi connectivity index (χ1v) is 10.7. The molecule has 8 heteroatoms. The molecule has 0 spiro atoms. The average Bonchev–Trinajstić information content (AvgIpc) is 2.67. The molecule has 0 radical (unpaired) electrons. The molecule has 0 saturated heterocycles. The summed E-state index contributed by atoms with van der Waals surface area (Å²) in [5, 5.41) is 11.6. The number of hydrogen-bond donors (Lipinski definition) is 2. The molecular formula is C19H28N2O5S. The monoisotopic (exact) mass is 396 g/mol. The van der Waals surface area contributed by atoms with Crippen molar-refractivity contribution in [2.45, 2.75) is 62.9 Å². The van der Waals surface area contributed by atoms with Gasteiger partial charge in [-0.15, -0.1) is 0 Å². The Hall–Kier alpha value is -1.93. The zero-order chi connectivity index (χ0) is 20.2. The first kappa shape index (κ1) is 21.4. The van der Waals surface area contributed by atoms with Crippen LogP contribution in [0.2, 0.25) is 0 Å². The Labute approximate surface area is 160 Å². The minimum Gasteiger partial charge on any atom is -0.481 e. The fraction of sp³-hybridized carbons (Fsp3) is 0.579. The molecule has 2 rings (SSSR count). The molecule has 7 nitrogen and oxygen atoms in total. The standard InChI is InChI=1S/C19H28N2O5S/c1-13(19(23)24)14(2)20-18(22)15-9-11-17(12-10-15)27(25,26)21(3)16-7-5-4-6-8-16/h9-14,16H,4-8H2,1-3H3,(H,20,22)(H,23,24). The maximum atomic E-state index is 12.8. The van der Waals surface area contributed by atoms with Gasteiger partial charge in [0, 0.05) is 24.7 Å². The lowest BCUT2D eigenvalue weighted by Crippen LogP contribution is -2.40. The molecule has 27 heavy (non-hydrogen) atoms. The second kappa shape index (κ2) is 8.84. The van der Waals surface area contributed by atoms with E-state index in [9.17, 15) is 18.0 Å². The predicted octanol–water partition coefficient (Wildman–Crippen LogP) is 2.48. The van der Waals surface area contributed by atoms with Crippen LogP contribution in [0.1, 0.15) is 56.3 Å². The van der Waals surface area contributed by atoms with E-state index in [1.54, 1.807) is 14.0 Å². The molecule has 1 amide bonds. The first-order chi connectivity index (χ1) is 12.6. The Balaban J connectivity index is 2.09. The highest BCUT2D eigenvalue weighted by atomic mass is 32.2. The molecule has 0 bridgehead atoms. The fourth-order valence-electron chi connectivity index (χ4n) is 3.21. The maximum Gasteiger partial charge on any atom is 0.308 e. The summed E-state index contributed by atoms with van der Waals surface area (Å²) >= 11 is 0. The number of carboxylic acid groups (broad SMARTS) is 1. The number of aliphatic carboxylic acids is 1. The second-order valence-corrected chi connectivity index (χ2v) is 9.22. The molecule has 1 fully saturated rings. The van der Waals surface area contributed by atoms with E-state index in [4.69, 9.17) is 5.11 Å². The van der Waals surface area contributed by atoms with E-state index in [1.807, 2.05) is 0 Å². The van der Waals surface area contributed by atoms with Crippen molar-refractivity contribution in [1.29, 1.82) is 0 Å². The first-order valence-electron chi connectivity index (χ1n) is 9.26. The van der Waals surface area contributed by atoms with Crippen LogP contribution in [-0.4, -0.2) is 48.8 Å². The number of sulfonamides is 1. The summed E-state index contributed by atoms with van der Waals surface area (Å²) in [6.45, 7) is 3.14. The lowest BCUT2D eigenvalue weighted by molar-refractivity contribution is -0.141. The zero-order valence-corrected chi connectivity index (χ0v) is 16.8. The third-order valence-electron chi connectivity index (χ3n) is 5.38. The van der Waals surface area contributed by atoms with E-state index >= 15 is 0 Å². The molecule has 1 aromatic carbocycles. The van der Waals surface area contributed by atoms with Crippen LogP contribution < -0.4 is 5.32 Å². The fourth-order valence-corrected chi connectivity index (χ4v) is 4.63. The molecule has 150 valence electrons. The van der Waals surface area contributed by atoms with Crippen molar-refractivity contribution >= 4 is 21.9 Å². The molecule has 1 aromatic rings. The largest absolute Gasteiger partial charge is 0.481 e. The smallest absolute Gasteiger partial charge is 0.308 e. The molecular weight excluding hydrogens is 368 g/mol.